The van der Waals surface area contributed by atoms with Gasteiger partial charge in [-0.2, -0.15) is 0 Å². The molecule has 0 saturated carbocycles. The second-order valence-electron chi connectivity index (χ2n) is 2.28. The van der Waals surface area contributed by atoms with Gasteiger partial charge in [-0.1, -0.05) is 0 Å². The lowest BCUT2D eigenvalue weighted by Crippen LogP contribution is -2.30. The average molecular weight is 147 g/mol. The van der Waals surface area contributed by atoms with Crippen molar-refractivity contribution >= 4 is 5.97 Å². The lowest BCUT2D eigenvalue weighted by molar-refractivity contribution is -0.149. The van der Waals surface area contributed by atoms with E-state index in [0.717, 1.165) is 0 Å². The van der Waals surface area contributed by atoms with Crippen LogP contribution in [-0.4, -0.2) is 30.3 Å². The molecule has 0 bridgehead atoms. The minimum absolute atomic E-state index is 0.138. The molecule has 0 amide bonds. The zero-order chi connectivity index (χ0) is 8.15. The van der Waals surface area contributed by atoms with Gasteiger partial charge in [0.25, 0.3) is 0 Å². The van der Waals surface area contributed by atoms with E-state index in [1.54, 1.807) is 6.92 Å². The molecule has 0 fully saturated rings. The van der Waals surface area contributed by atoms with Gasteiger partial charge in [-0.05, 0) is 13.3 Å². The maximum absolute atomic E-state index is 10.3. The third-order valence-corrected chi connectivity index (χ3v) is 1.15. The first kappa shape index (κ1) is 9.39. The molecule has 0 aliphatic rings. The van der Waals surface area contributed by atoms with Crippen molar-refractivity contribution in [2.75, 3.05) is 7.11 Å². The Balaban J connectivity index is 3.72. The quantitative estimate of drug-likeness (QED) is 0.578. The number of hydrogen-bond donors (Lipinski definition) is 2. The molecule has 0 radical (unpaired) electrons. The number of carboxylic acid groups (broad SMARTS) is 1. The molecule has 0 aliphatic carbocycles. The highest BCUT2D eigenvalue weighted by Gasteiger charge is 2.17. The summed E-state index contributed by atoms with van der Waals surface area (Å²) in [5, 5.41) is 8.44. The summed E-state index contributed by atoms with van der Waals surface area (Å²) in [6.07, 6.45) is -0.411. The van der Waals surface area contributed by atoms with Gasteiger partial charge in [0, 0.05) is 13.2 Å². The van der Waals surface area contributed by atoms with Gasteiger partial charge in [0.1, 0.15) is 0 Å². The molecule has 3 N–H and O–H groups in total. The molecule has 0 aromatic rings. The molecule has 10 heavy (non-hydrogen) atoms. The lowest BCUT2D eigenvalue weighted by atomic mass is 10.1. The van der Waals surface area contributed by atoms with E-state index in [1.807, 2.05) is 0 Å². The predicted molar refractivity (Wildman–Crippen MR) is 36.7 cm³/mol. The van der Waals surface area contributed by atoms with Crippen molar-refractivity contribution in [1.82, 2.24) is 0 Å². The number of ether oxygens (including phenoxy) is 1. The van der Waals surface area contributed by atoms with E-state index in [4.69, 9.17) is 10.8 Å². The molecular formula is C6H13NO3. The van der Waals surface area contributed by atoms with Crippen molar-refractivity contribution in [3.8, 4) is 0 Å². The van der Waals surface area contributed by atoms with E-state index in [9.17, 15) is 4.79 Å². The Morgan fingerprint density at radius 2 is 2.30 bits per heavy atom. The number of hydrogen-bond acceptors (Lipinski definition) is 3. The van der Waals surface area contributed by atoms with Gasteiger partial charge in [-0.25, -0.2) is 4.79 Å². The molecule has 2 atom stereocenters. The van der Waals surface area contributed by atoms with Gasteiger partial charge < -0.3 is 15.6 Å². The number of rotatable bonds is 4. The van der Waals surface area contributed by atoms with Crippen molar-refractivity contribution in [3.63, 3.8) is 0 Å². The summed E-state index contributed by atoms with van der Waals surface area (Å²) in [6, 6.07) is -0.138. The highest BCUT2D eigenvalue weighted by Crippen LogP contribution is 1.99. The molecule has 0 heterocycles. The van der Waals surface area contributed by atoms with E-state index in [-0.39, 0.29) is 6.04 Å². The van der Waals surface area contributed by atoms with Crippen LogP contribution in [0, 0.1) is 0 Å². The van der Waals surface area contributed by atoms with E-state index in [2.05, 4.69) is 4.74 Å². The summed E-state index contributed by atoms with van der Waals surface area (Å²) in [7, 11) is 1.36. The number of methoxy groups -OCH3 is 1. The van der Waals surface area contributed by atoms with Crippen molar-refractivity contribution < 1.29 is 14.6 Å². The Morgan fingerprint density at radius 1 is 1.80 bits per heavy atom. The summed E-state index contributed by atoms with van der Waals surface area (Å²) in [5.74, 6) is -0.959. The van der Waals surface area contributed by atoms with Crippen LogP contribution in [0.1, 0.15) is 13.3 Å². The number of carboxylic acids is 1. The zero-order valence-corrected chi connectivity index (χ0v) is 6.20. The molecule has 0 aliphatic heterocycles. The topological polar surface area (TPSA) is 72.5 Å². The highest BCUT2D eigenvalue weighted by atomic mass is 16.5. The Morgan fingerprint density at radius 3 is 2.40 bits per heavy atom. The maximum atomic E-state index is 10.3. The van der Waals surface area contributed by atoms with Crippen molar-refractivity contribution in [2.24, 2.45) is 5.73 Å². The van der Waals surface area contributed by atoms with Crippen LogP contribution in [0.3, 0.4) is 0 Å². The van der Waals surface area contributed by atoms with Crippen molar-refractivity contribution in [2.45, 2.75) is 25.5 Å². The van der Waals surface area contributed by atoms with E-state index in [1.165, 1.54) is 7.11 Å². The Bertz CT molecular complexity index is 114. The summed E-state index contributed by atoms with van der Waals surface area (Å²) >= 11 is 0. The summed E-state index contributed by atoms with van der Waals surface area (Å²) in [4.78, 5) is 10.3. The second-order valence-corrected chi connectivity index (χ2v) is 2.28. The number of aliphatic carboxylic acids is 1. The fraction of sp³-hybridized carbons (Fsp3) is 0.833. The predicted octanol–water partition coefficient (Wildman–Crippen LogP) is -0.177. The van der Waals surface area contributed by atoms with E-state index < -0.39 is 12.1 Å². The number of nitrogens with two attached hydrogens (primary N) is 1. The minimum atomic E-state index is -0.959. The van der Waals surface area contributed by atoms with Crippen LogP contribution >= 0.6 is 0 Å². The number of carbonyl (C=O) groups is 1. The van der Waals surface area contributed by atoms with Crippen LogP contribution < -0.4 is 5.73 Å². The summed E-state index contributed by atoms with van der Waals surface area (Å²) in [5.41, 5.74) is 5.36. The fourth-order valence-corrected chi connectivity index (χ4v) is 0.636. The first-order valence-corrected chi connectivity index (χ1v) is 3.09. The molecule has 4 nitrogen and oxygen atoms in total. The van der Waals surface area contributed by atoms with Crippen LogP contribution in [0.15, 0.2) is 0 Å². The van der Waals surface area contributed by atoms with Crippen LogP contribution in [0.5, 0.6) is 0 Å². The zero-order valence-electron chi connectivity index (χ0n) is 6.20. The Hall–Kier alpha value is -0.610. The van der Waals surface area contributed by atoms with Gasteiger partial charge in [0.05, 0.1) is 0 Å². The van der Waals surface area contributed by atoms with E-state index in [0.29, 0.717) is 6.42 Å². The molecule has 0 aromatic heterocycles. The second kappa shape index (κ2) is 4.24. The molecule has 0 aromatic carbocycles. The summed E-state index contributed by atoms with van der Waals surface area (Å²) in [6.45, 7) is 1.74. The van der Waals surface area contributed by atoms with Crippen molar-refractivity contribution in [1.29, 1.82) is 0 Å². The van der Waals surface area contributed by atoms with Gasteiger partial charge >= 0.3 is 5.97 Å². The third-order valence-electron chi connectivity index (χ3n) is 1.15. The largest absolute Gasteiger partial charge is 0.479 e. The average Bonchev–Trinajstić information content (AvgIpc) is 1.81. The van der Waals surface area contributed by atoms with Crippen molar-refractivity contribution in [3.05, 3.63) is 0 Å². The fourth-order valence-electron chi connectivity index (χ4n) is 0.636. The van der Waals surface area contributed by atoms with Crippen LogP contribution in [0.25, 0.3) is 0 Å². The summed E-state index contributed by atoms with van der Waals surface area (Å²) < 4.78 is 4.64. The normalized spacial score (nSPS) is 16.3. The lowest BCUT2D eigenvalue weighted by Gasteiger charge is -2.11. The van der Waals surface area contributed by atoms with Gasteiger partial charge in [-0.15, -0.1) is 0 Å². The third kappa shape index (κ3) is 3.42. The van der Waals surface area contributed by atoms with Gasteiger partial charge in [-0.3, -0.25) is 0 Å². The molecule has 2 unspecified atom stereocenters. The highest BCUT2D eigenvalue weighted by molar-refractivity contribution is 5.72. The van der Waals surface area contributed by atoms with E-state index >= 15 is 0 Å². The van der Waals surface area contributed by atoms with Crippen LogP contribution in [-0.2, 0) is 9.53 Å². The molecule has 60 valence electrons. The molecule has 4 heteroatoms. The first-order chi connectivity index (χ1) is 4.57. The maximum Gasteiger partial charge on any atom is 0.332 e. The van der Waals surface area contributed by atoms with Gasteiger partial charge in [0.2, 0.25) is 0 Å². The van der Waals surface area contributed by atoms with Crippen LogP contribution in [0.4, 0.5) is 0 Å². The Kier molecular flexibility index (Phi) is 3.99. The molecule has 0 spiro atoms. The molecule has 0 saturated heterocycles. The molecule has 0 rings (SSSR count). The van der Waals surface area contributed by atoms with Crippen LogP contribution in [0.2, 0.25) is 0 Å². The minimum Gasteiger partial charge on any atom is -0.479 e. The smallest absolute Gasteiger partial charge is 0.332 e. The Labute approximate surface area is 60.0 Å². The van der Waals surface area contributed by atoms with Gasteiger partial charge in [0.15, 0.2) is 6.10 Å². The SMILES string of the molecule is COC(CC(C)N)C(=O)O. The first-order valence-electron chi connectivity index (χ1n) is 3.09. The standard InChI is InChI=1S/C6H13NO3/c1-4(7)3-5(10-2)6(8)9/h4-5H,3,7H2,1-2H3,(H,8,9). The molecular weight excluding hydrogens is 134 g/mol. The monoisotopic (exact) mass is 147 g/mol.